The summed E-state index contributed by atoms with van der Waals surface area (Å²) in [5.41, 5.74) is 2.76. The molecule has 15 heavy (non-hydrogen) atoms. The molecule has 1 aliphatic rings. The van der Waals surface area contributed by atoms with Crippen LogP contribution in [-0.2, 0) is 0 Å². The van der Waals surface area contributed by atoms with E-state index in [4.69, 9.17) is 0 Å². The third kappa shape index (κ3) is 1.68. The maximum absolute atomic E-state index is 3.50. The second kappa shape index (κ2) is 3.54. The van der Waals surface area contributed by atoms with Crippen LogP contribution < -0.4 is 0 Å². The van der Waals surface area contributed by atoms with Crippen LogP contribution in [0, 0.1) is 6.42 Å². The fourth-order valence-electron chi connectivity index (χ4n) is 2.04. The number of hydrogen-bond donors (Lipinski definition) is 0. The van der Waals surface area contributed by atoms with Crippen LogP contribution in [0.2, 0.25) is 0 Å². The third-order valence-electron chi connectivity index (χ3n) is 2.90. The molecule has 0 bridgehead atoms. The van der Waals surface area contributed by atoms with Crippen LogP contribution in [0.5, 0.6) is 0 Å². The minimum atomic E-state index is 0.508. The third-order valence-corrected chi connectivity index (χ3v) is 2.90. The summed E-state index contributed by atoms with van der Waals surface area (Å²) in [6, 6.07) is 21.2. The lowest BCUT2D eigenvalue weighted by atomic mass is 10.0. The molecule has 0 heterocycles. The molecule has 2 radical (unpaired) electrons. The zero-order valence-electron chi connectivity index (χ0n) is 8.43. The molecule has 0 nitrogen and oxygen atoms in total. The molecule has 0 N–H and O–H groups in total. The van der Waals surface area contributed by atoms with Gasteiger partial charge in [0, 0.05) is 6.42 Å². The van der Waals surface area contributed by atoms with Crippen molar-refractivity contribution in [1.82, 2.24) is 0 Å². The van der Waals surface area contributed by atoms with Crippen molar-refractivity contribution in [3.8, 4) is 0 Å². The maximum Gasteiger partial charge on any atom is 0.000126 e. The fourth-order valence-corrected chi connectivity index (χ4v) is 2.04. The summed E-state index contributed by atoms with van der Waals surface area (Å²) >= 11 is 0. The molecule has 1 fully saturated rings. The highest BCUT2D eigenvalue weighted by molar-refractivity contribution is 5.43. The molecule has 2 aromatic rings. The van der Waals surface area contributed by atoms with Crippen molar-refractivity contribution in [3.63, 3.8) is 0 Å². The van der Waals surface area contributed by atoms with Gasteiger partial charge in [0.05, 0.1) is 0 Å². The SMILES string of the molecule is [C]1[C@@H](c2ccccc2)[C@@H]1c1ccccc1. The van der Waals surface area contributed by atoms with Crippen LogP contribution in [0.25, 0.3) is 0 Å². The zero-order valence-corrected chi connectivity index (χ0v) is 8.43. The Morgan fingerprint density at radius 2 is 1.00 bits per heavy atom. The lowest BCUT2D eigenvalue weighted by Gasteiger charge is -2.00. The molecule has 0 saturated heterocycles. The first kappa shape index (κ1) is 8.72. The van der Waals surface area contributed by atoms with Gasteiger partial charge in [0.1, 0.15) is 0 Å². The van der Waals surface area contributed by atoms with Crippen molar-refractivity contribution in [2.24, 2.45) is 0 Å². The Labute approximate surface area is 90.6 Å². The lowest BCUT2D eigenvalue weighted by Crippen LogP contribution is -1.82. The summed E-state index contributed by atoms with van der Waals surface area (Å²) in [4.78, 5) is 0. The Morgan fingerprint density at radius 1 is 0.600 bits per heavy atom. The van der Waals surface area contributed by atoms with E-state index in [0.717, 1.165) is 0 Å². The minimum absolute atomic E-state index is 0.508. The molecule has 0 aliphatic heterocycles. The molecule has 1 aliphatic carbocycles. The van der Waals surface area contributed by atoms with Crippen LogP contribution in [0.15, 0.2) is 60.7 Å². The minimum Gasteiger partial charge on any atom is -0.0622 e. The molecule has 3 rings (SSSR count). The maximum atomic E-state index is 3.50. The van der Waals surface area contributed by atoms with E-state index in [1.165, 1.54) is 11.1 Å². The van der Waals surface area contributed by atoms with Crippen LogP contribution in [0.4, 0.5) is 0 Å². The highest BCUT2D eigenvalue weighted by Gasteiger charge is 2.40. The first-order valence-electron chi connectivity index (χ1n) is 5.31. The molecule has 0 amide bonds. The predicted molar refractivity (Wildman–Crippen MR) is 61.6 cm³/mol. The normalized spacial score (nSPS) is 23.7. The molecule has 1 saturated carbocycles. The largest absolute Gasteiger partial charge is 0.0622 e. The summed E-state index contributed by atoms with van der Waals surface area (Å²) in [6.07, 6.45) is 3.50. The Bertz CT molecular complexity index is 387. The number of hydrogen-bond acceptors (Lipinski definition) is 0. The van der Waals surface area contributed by atoms with Gasteiger partial charge in [0.15, 0.2) is 0 Å². The topological polar surface area (TPSA) is 0 Å². The van der Waals surface area contributed by atoms with E-state index in [0.29, 0.717) is 11.8 Å². The van der Waals surface area contributed by atoms with E-state index in [9.17, 15) is 0 Å². The predicted octanol–water partition coefficient (Wildman–Crippen LogP) is 3.65. The zero-order chi connectivity index (χ0) is 10.1. The second-order valence-electron chi connectivity index (χ2n) is 3.94. The van der Waals surface area contributed by atoms with Crippen molar-refractivity contribution < 1.29 is 0 Å². The van der Waals surface area contributed by atoms with Crippen molar-refractivity contribution in [2.75, 3.05) is 0 Å². The van der Waals surface area contributed by atoms with Gasteiger partial charge in [-0.15, -0.1) is 0 Å². The molecule has 0 spiro atoms. The summed E-state index contributed by atoms with van der Waals surface area (Å²) in [5, 5.41) is 0. The van der Waals surface area contributed by atoms with Gasteiger partial charge >= 0.3 is 0 Å². The fraction of sp³-hybridized carbons (Fsp3) is 0.133. The number of rotatable bonds is 2. The van der Waals surface area contributed by atoms with E-state index in [1.807, 2.05) is 0 Å². The molecular formula is C15H12. The summed E-state index contributed by atoms with van der Waals surface area (Å²) in [5.74, 6) is 1.02. The van der Waals surface area contributed by atoms with Gasteiger partial charge in [-0.3, -0.25) is 0 Å². The molecule has 0 aromatic heterocycles. The van der Waals surface area contributed by atoms with E-state index in [1.54, 1.807) is 0 Å². The van der Waals surface area contributed by atoms with Crippen molar-refractivity contribution in [3.05, 3.63) is 78.2 Å². The standard InChI is InChI=1S/C15H12/c1-3-7-12(8-4-1)14-11-15(14)13-9-5-2-6-10-13/h1-10,14-15H/t14-,15-/m0/s1. The van der Waals surface area contributed by atoms with E-state index >= 15 is 0 Å². The smallest absolute Gasteiger partial charge is 0.000126 e. The van der Waals surface area contributed by atoms with Gasteiger partial charge < -0.3 is 0 Å². The molecule has 72 valence electrons. The monoisotopic (exact) mass is 192 g/mol. The van der Waals surface area contributed by atoms with Gasteiger partial charge in [-0.25, -0.2) is 0 Å². The first-order chi connectivity index (χ1) is 7.45. The van der Waals surface area contributed by atoms with Gasteiger partial charge in [-0.2, -0.15) is 0 Å². The van der Waals surface area contributed by atoms with Gasteiger partial charge in [-0.1, -0.05) is 60.7 Å². The van der Waals surface area contributed by atoms with Gasteiger partial charge in [0.25, 0.3) is 0 Å². The highest BCUT2D eigenvalue weighted by Crippen LogP contribution is 2.53. The van der Waals surface area contributed by atoms with E-state index in [2.05, 4.69) is 67.1 Å². The molecule has 2 atom stereocenters. The second-order valence-corrected chi connectivity index (χ2v) is 3.94. The van der Waals surface area contributed by atoms with Crippen LogP contribution >= 0.6 is 0 Å². The molecule has 0 heteroatoms. The molecular weight excluding hydrogens is 180 g/mol. The first-order valence-corrected chi connectivity index (χ1v) is 5.31. The Morgan fingerprint density at radius 3 is 1.40 bits per heavy atom. The Hall–Kier alpha value is -1.56. The van der Waals surface area contributed by atoms with Crippen molar-refractivity contribution in [1.29, 1.82) is 0 Å². The lowest BCUT2D eigenvalue weighted by molar-refractivity contribution is 1.03. The van der Waals surface area contributed by atoms with Crippen molar-refractivity contribution >= 4 is 0 Å². The van der Waals surface area contributed by atoms with Crippen LogP contribution in [-0.4, -0.2) is 0 Å². The molecule has 0 unspecified atom stereocenters. The Kier molecular flexibility index (Phi) is 2.06. The van der Waals surface area contributed by atoms with E-state index < -0.39 is 0 Å². The summed E-state index contributed by atoms with van der Waals surface area (Å²) in [7, 11) is 0. The van der Waals surface area contributed by atoms with Crippen molar-refractivity contribution in [2.45, 2.75) is 11.8 Å². The van der Waals surface area contributed by atoms with Crippen LogP contribution in [0.3, 0.4) is 0 Å². The summed E-state index contributed by atoms with van der Waals surface area (Å²) < 4.78 is 0. The quantitative estimate of drug-likeness (QED) is 0.681. The Balaban J connectivity index is 1.81. The summed E-state index contributed by atoms with van der Waals surface area (Å²) in [6.45, 7) is 0. The molecule has 2 aromatic carbocycles. The average molecular weight is 192 g/mol. The van der Waals surface area contributed by atoms with E-state index in [-0.39, 0.29) is 0 Å². The highest BCUT2D eigenvalue weighted by atomic mass is 14.4. The van der Waals surface area contributed by atoms with Gasteiger partial charge in [-0.05, 0) is 23.0 Å². The van der Waals surface area contributed by atoms with Crippen LogP contribution in [0.1, 0.15) is 23.0 Å². The van der Waals surface area contributed by atoms with Gasteiger partial charge in [0.2, 0.25) is 0 Å². The number of benzene rings is 2. The average Bonchev–Trinajstić information content (AvgIpc) is 3.11.